The third-order valence-electron chi connectivity index (χ3n) is 3.09. The minimum atomic E-state index is -0.115. The molecular formula is C13H15N3O2. The van der Waals surface area contributed by atoms with Gasteiger partial charge in [0.25, 0.3) is 5.56 Å². The SMILES string of the molecule is O=c1cc(-c2ccc(NC3CCOC3)cc2)[nH][nH]1. The highest BCUT2D eigenvalue weighted by atomic mass is 16.5. The number of ether oxygens (including phenoxy) is 1. The Balaban J connectivity index is 1.74. The second-order valence-corrected chi connectivity index (χ2v) is 4.45. The van der Waals surface area contributed by atoms with Crippen molar-refractivity contribution in [1.29, 1.82) is 0 Å². The molecule has 1 aromatic heterocycles. The molecule has 1 aromatic carbocycles. The van der Waals surface area contributed by atoms with Gasteiger partial charge < -0.3 is 10.1 Å². The van der Waals surface area contributed by atoms with E-state index in [0.29, 0.717) is 6.04 Å². The lowest BCUT2D eigenvalue weighted by Crippen LogP contribution is -2.18. The summed E-state index contributed by atoms with van der Waals surface area (Å²) < 4.78 is 5.32. The molecule has 1 aliphatic rings. The zero-order valence-electron chi connectivity index (χ0n) is 9.90. The van der Waals surface area contributed by atoms with E-state index in [1.54, 1.807) is 6.07 Å². The molecule has 1 saturated heterocycles. The summed E-state index contributed by atoms with van der Waals surface area (Å²) in [6.07, 6.45) is 1.05. The molecule has 3 N–H and O–H groups in total. The lowest BCUT2D eigenvalue weighted by atomic mass is 10.1. The molecule has 94 valence electrons. The molecule has 0 spiro atoms. The maximum Gasteiger partial charge on any atom is 0.264 e. The highest BCUT2D eigenvalue weighted by Crippen LogP contribution is 2.19. The van der Waals surface area contributed by atoms with Gasteiger partial charge in [0.1, 0.15) is 0 Å². The summed E-state index contributed by atoms with van der Waals surface area (Å²) in [4.78, 5) is 11.0. The van der Waals surface area contributed by atoms with Crippen LogP contribution in [0.2, 0.25) is 0 Å². The van der Waals surface area contributed by atoms with Crippen LogP contribution < -0.4 is 10.9 Å². The Bertz CT molecular complexity index is 564. The van der Waals surface area contributed by atoms with Gasteiger partial charge in [-0.15, -0.1) is 0 Å². The zero-order chi connectivity index (χ0) is 12.4. The third kappa shape index (κ3) is 2.31. The molecule has 18 heavy (non-hydrogen) atoms. The van der Waals surface area contributed by atoms with E-state index < -0.39 is 0 Å². The molecule has 0 aliphatic carbocycles. The van der Waals surface area contributed by atoms with E-state index in [4.69, 9.17) is 4.74 Å². The lowest BCUT2D eigenvalue weighted by molar-refractivity contribution is 0.195. The summed E-state index contributed by atoms with van der Waals surface area (Å²) >= 11 is 0. The van der Waals surface area contributed by atoms with Crippen molar-refractivity contribution in [3.05, 3.63) is 40.7 Å². The Kier molecular flexibility index (Phi) is 2.90. The molecule has 1 fully saturated rings. The monoisotopic (exact) mass is 245 g/mol. The Morgan fingerprint density at radius 3 is 2.67 bits per heavy atom. The normalized spacial score (nSPS) is 19.0. The number of nitrogens with one attached hydrogen (secondary N) is 3. The van der Waals surface area contributed by atoms with Crippen LogP contribution in [0, 0.1) is 0 Å². The van der Waals surface area contributed by atoms with Gasteiger partial charge in [0.15, 0.2) is 0 Å². The van der Waals surface area contributed by atoms with Crippen molar-refractivity contribution in [3.63, 3.8) is 0 Å². The van der Waals surface area contributed by atoms with Crippen LogP contribution in [-0.4, -0.2) is 29.5 Å². The van der Waals surface area contributed by atoms with E-state index in [1.807, 2.05) is 24.3 Å². The summed E-state index contributed by atoms with van der Waals surface area (Å²) in [7, 11) is 0. The van der Waals surface area contributed by atoms with E-state index in [1.165, 1.54) is 0 Å². The van der Waals surface area contributed by atoms with Crippen LogP contribution >= 0.6 is 0 Å². The van der Waals surface area contributed by atoms with Crippen LogP contribution in [0.25, 0.3) is 11.3 Å². The average Bonchev–Trinajstić information content (AvgIpc) is 3.02. The first-order chi connectivity index (χ1) is 8.81. The Morgan fingerprint density at radius 2 is 2.06 bits per heavy atom. The zero-order valence-corrected chi connectivity index (χ0v) is 9.90. The van der Waals surface area contributed by atoms with Crippen LogP contribution in [0.5, 0.6) is 0 Å². The predicted molar refractivity (Wildman–Crippen MR) is 69.7 cm³/mol. The topological polar surface area (TPSA) is 69.9 Å². The van der Waals surface area contributed by atoms with Gasteiger partial charge in [-0.05, 0) is 24.1 Å². The number of aromatic nitrogens is 2. The number of aromatic amines is 2. The molecule has 1 aliphatic heterocycles. The summed E-state index contributed by atoms with van der Waals surface area (Å²) in [6.45, 7) is 1.60. The molecule has 0 radical (unpaired) electrons. The maximum atomic E-state index is 11.0. The number of rotatable bonds is 3. The minimum Gasteiger partial charge on any atom is -0.380 e. The van der Waals surface area contributed by atoms with Gasteiger partial charge in [-0.1, -0.05) is 12.1 Å². The third-order valence-corrected chi connectivity index (χ3v) is 3.09. The van der Waals surface area contributed by atoms with Crippen molar-refractivity contribution < 1.29 is 4.74 Å². The van der Waals surface area contributed by atoms with E-state index in [0.717, 1.165) is 36.6 Å². The molecule has 0 bridgehead atoms. The van der Waals surface area contributed by atoms with Gasteiger partial charge in [-0.3, -0.25) is 15.0 Å². The van der Waals surface area contributed by atoms with Crippen LogP contribution in [-0.2, 0) is 4.74 Å². The highest BCUT2D eigenvalue weighted by Gasteiger charge is 2.14. The van der Waals surface area contributed by atoms with Gasteiger partial charge in [0.2, 0.25) is 0 Å². The summed E-state index contributed by atoms with van der Waals surface area (Å²) in [5.74, 6) is 0. The highest BCUT2D eigenvalue weighted by molar-refractivity contribution is 5.62. The summed E-state index contributed by atoms with van der Waals surface area (Å²) in [5, 5.41) is 8.78. The van der Waals surface area contributed by atoms with Gasteiger partial charge in [0, 0.05) is 18.4 Å². The van der Waals surface area contributed by atoms with Crippen LogP contribution in [0.1, 0.15) is 6.42 Å². The fourth-order valence-electron chi connectivity index (χ4n) is 2.12. The number of H-pyrrole nitrogens is 2. The van der Waals surface area contributed by atoms with E-state index in [2.05, 4.69) is 15.5 Å². The first-order valence-electron chi connectivity index (χ1n) is 6.04. The van der Waals surface area contributed by atoms with Gasteiger partial charge >= 0.3 is 0 Å². The number of hydrogen-bond donors (Lipinski definition) is 3. The fourth-order valence-corrected chi connectivity index (χ4v) is 2.12. The number of benzene rings is 1. The molecule has 0 amide bonds. The summed E-state index contributed by atoms with van der Waals surface area (Å²) in [5.41, 5.74) is 2.75. The molecule has 3 rings (SSSR count). The molecule has 1 unspecified atom stereocenters. The largest absolute Gasteiger partial charge is 0.380 e. The second-order valence-electron chi connectivity index (χ2n) is 4.45. The number of hydrogen-bond acceptors (Lipinski definition) is 3. The molecular weight excluding hydrogens is 230 g/mol. The predicted octanol–water partition coefficient (Wildman–Crippen LogP) is 1.57. The fraction of sp³-hybridized carbons (Fsp3) is 0.308. The van der Waals surface area contributed by atoms with Crippen molar-refractivity contribution in [2.75, 3.05) is 18.5 Å². The van der Waals surface area contributed by atoms with Crippen molar-refractivity contribution in [3.8, 4) is 11.3 Å². The summed E-state index contributed by atoms with van der Waals surface area (Å²) in [6, 6.07) is 9.95. The van der Waals surface area contributed by atoms with Gasteiger partial charge in [0.05, 0.1) is 18.3 Å². The van der Waals surface area contributed by atoms with E-state index in [9.17, 15) is 4.79 Å². The van der Waals surface area contributed by atoms with Crippen LogP contribution in [0.4, 0.5) is 5.69 Å². The minimum absolute atomic E-state index is 0.115. The van der Waals surface area contributed by atoms with E-state index in [-0.39, 0.29) is 5.56 Å². The van der Waals surface area contributed by atoms with Crippen molar-refractivity contribution in [2.45, 2.75) is 12.5 Å². The molecule has 2 aromatic rings. The van der Waals surface area contributed by atoms with Crippen LogP contribution in [0.3, 0.4) is 0 Å². The van der Waals surface area contributed by atoms with Crippen molar-refractivity contribution in [1.82, 2.24) is 10.2 Å². The molecule has 5 heteroatoms. The lowest BCUT2D eigenvalue weighted by Gasteiger charge is -2.12. The number of anilines is 1. The maximum absolute atomic E-state index is 11.0. The smallest absolute Gasteiger partial charge is 0.264 e. The first kappa shape index (κ1) is 11.1. The Morgan fingerprint density at radius 1 is 1.22 bits per heavy atom. The molecule has 0 saturated carbocycles. The average molecular weight is 245 g/mol. The Labute approximate surface area is 104 Å². The van der Waals surface area contributed by atoms with Crippen molar-refractivity contribution >= 4 is 5.69 Å². The second kappa shape index (κ2) is 4.70. The van der Waals surface area contributed by atoms with Crippen molar-refractivity contribution in [2.24, 2.45) is 0 Å². The molecule has 1 atom stereocenters. The Hall–Kier alpha value is -2.01. The van der Waals surface area contributed by atoms with Gasteiger partial charge in [-0.2, -0.15) is 0 Å². The standard InChI is InChI=1S/C13H15N3O2/c17-13-7-12(15-16-13)9-1-3-10(4-2-9)14-11-5-6-18-8-11/h1-4,7,11,14H,5-6,8H2,(H2,15,16,17). The molecule has 2 heterocycles. The van der Waals surface area contributed by atoms with E-state index >= 15 is 0 Å². The van der Waals surface area contributed by atoms with Gasteiger partial charge in [-0.25, -0.2) is 0 Å². The van der Waals surface area contributed by atoms with Crippen LogP contribution in [0.15, 0.2) is 35.1 Å². The molecule has 5 nitrogen and oxygen atoms in total. The first-order valence-corrected chi connectivity index (χ1v) is 6.04. The quantitative estimate of drug-likeness (QED) is 0.768.